The van der Waals surface area contributed by atoms with Crippen molar-refractivity contribution < 1.29 is 32.2 Å². The standard InChI is InChI=1S/C17H19BrF3NO4/c1-3-25-11-6-5-7-22(17(24)26-4-2)15(11)16(23)9-8-10(19)14(21)12(18)13(9)20/h8,11,15H,3-7H2,1-2H3. The third-order valence-corrected chi connectivity index (χ3v) is 4.79. The molecule has 144 valence electrons. The monoisotopic (exact) mass is 437 g/mol. The Morgan fingerprint density at radius 3 is 2.54 bits per heavy atom. The Morgan fingerprint density at radius 1 is 1.23 bits per heavy atom. The first-order chi connectivity index (χ1) is 12.3. The lowest BCUT2D eigenvalue weighted by atomic mass is 9.91. The zero-order chi connectivity index (χ0) is 19.4. The molecule has 1 heterocycles. The number of piperidine rings is 1. The van der Waals surface area contributed by atoms with Gasteiger partial charge in [0.1, 0.15) is 6.04 Å². The van der Waals surface area contributed by atoms with E-state index in [4.69, 9.17) is 9.47 Å². The first-order valence-corrected chi connectivity index (χ1v) is 9.04. The molecule has 2 rings (SSSR count). The average molecular weight is 438 g/mol. The van der Waals surface area contributed by atoms with Gasteiger partial charge in [-0.15, -0.1) is 0 Å². The van der Waals surface area contributed by atoms with E-state index in [-0.39, 0.29) is 19.8 Å². The van der Waals surface area contributed by atoms with E-state index in [1.54, 1.807) is 13.8 Å². The first kappa shape index (κ1) is 20.7. The van der Waals surface area contributed by atoms with Gasteiger partial charge in [0.25, 0.3) is 0 Å². The largest absolute Gasteiger partial charge is 0.450 e. The number of amides is 1. The first-order valence-electron chi connectivity index (χ1n) is 8.25. The number of rotatable bonds is 5. The van der Waals surface area contributed by atoms with Crippen molar-refractivity contribution >= 4 is 27.8 Å². The Labute approximate surface area is 157 Å². The summed E-state index contributed by atoms with van der Waals surface area (Å²) in [5, 5.41) is 0. The van der Waals surface area contributed by atoms with Gasteiger partial charge in [-0.2, -0.15) is 0 Å². The highest BCUT2D eigenvalue weighted by Gasteiger charge is 2.42. The predicted molar refractivity (Wildman–Crippen MR) is 90.5 cm³/mol. The minimum absolute atomic E-state index is 0.0978. The maximum Gasteiger partial charge on any atom is 0.410 e. The quantitative estimate of drug-likeness (QED) is 0.395. The lowest BCUT2D eigenvalue weighted by Gasteiger charge is -2.39. The molecule has 0 spiro atoms. The second-order valence-corrected chi connectivity index (χ2v) is 6.48. The maximum atomic E-state index is 14.4. The van der Waals surface area contributed by atoms with Crippen molar-refractivity contribution in [1.82, 2.24) is 4.90 Å². The Bertz CT molecular complexity index is 699. The van der Waals surface area contributed by atoms with E-state index in [0.717, 1.165) is 4.90 Å². The van der Waals surface area contributed by atoms with Crippen molar-refractivity contribution in [2.45, 2.75) is 38.8 Å². The minimum atomic E-state index is -1.42. The molecular formula is C17H19BrF3NO4. The van der Waals surface area contributed by atoms with E-state index >= 15 is 0 Å². The lowest BCUT2D eigenvalue weighted by Crippen LogP contribution is -2.56. The van der Waals surface area contributed by atoms with Crippen LogP contribution in [0.3, 0.4) is 0 Å². The number of ketones is 1. The van der Waals surface area contributed by atoms with Crippen LogP contribution in [0.1, 0.15) is 37.0 Å². The molecule has 1 fully saturated rings. The summed E-state index contributed by atoms with van der Waals surface area (Å²) in [6, 6.07) is -0.687. The summed E-state index contributed by atoms with van der Waals surface area (Å²) in [5.41, 5.74) is -0.651. The molecule has 0 saturated carbocycles. The normalized spacial score (nSPS) is 20.2. The summed E-state index contributed by atoms with van der Waals surface area (Å²) in [5.74, 6) is -4.88. The Kier molecular flexibility index (Phi) is 7.05. The summed E-state index contributed by atoms with van der Waals surface area (Å²) in [6.07, 6.45) is -0.404. The average Bonchev–Trinajstić information content (AvgIpc) is 2.62. The molecule has 0 radical (unpaired) electrons. The van der Waals surface area contributed by atoms with Gasteiger partial charge in [0.05, 0.1) is 22.7 Å². The number of hydrogen-bond acceptors (Lipinski definition) is 4. The number of ether oxygens (including phenoxy) is 2. The van der Waals surface area contributed by atoms with Crippen molar-refractivity contribution in [3.8, 4) is 0 Å². The van der Waals surface area contributed by atoms with Gasteiger partial charge in [-0.1, -0.05) is 0 Å². The van der Waals surface area contributed by atoms with Crippen LogP contribution in [-0.2, 0) is 9.47 Å². The summed E-state index contributed by atoms with van der Waals surface area (Å²) in [7, 11) is 0. The SMILES string of the molecule is CCOC(=O)N1CCCC(OCC)C1C(=O)c1cc(F)c(F)c(Br)c1F. The Morgan fingerprint density at radius 2 is 1.92 bits per heavy atom. The summed E-state index contributed by atoms with van der Waals surface area (Å²) in [4.78, 5) is 26.3. The zero-order valence-electron chi connectivity index (χ0n) is 14.4. The molecule has 2 unspecified atom stereocenters. The minimum Gasteiger partial charge on any atom is -0.450 e. The molecule has 2 atom stereocenters. The van der Waals surface area contributed by atoms with E-state index in [0.29, 0.717) is 18.9 Å². The number of likely N-dealkylation sites (tertiary alicyclic amines) is 1. The van der Waals surface area contributed by atoms with Crippen LogP contribution in [-0.4, -0.2) is 48.7 Å². The number of nitrogens with zero attached hydrogens (tertiary/aromatic N) is 1. The van der Waals surface area contributed by atoms with Crippen LogP contribution < -0.4 is 0 Å². The fraction of sp³-hybridized carbons (Fsp3) is 0.529. The van der Waals surface area contributed by atoms with Gasteiger partial charge in [-0.25, -0.2) is 18.0 Å². The number of carbonyl (C=O) groups is 2. The van der Waals surface area contributed by atoms with Crippen LogP contribution in [0.25, 0.3) is 0 Å². The zero-order valence-corrected chi connectivity index (χ0v) is 15.9. The van der Waals surface area contributed by atoms with E-state index in [1.807, 2.05) is 0 Å². The van der Waals surface area contributed by atoms with Crippen LogP contribution >= 0.6 is 15.9 Å². The van der Waals surface area contributed by atoms with E-state index in [1.165, 1.54) is 0 Å². The Hall–Kier alpha value is -1.61. The van der Waals surface area contributed by atoms with Gasteiger partial charge in [-0.05, 0) is 48.7 Å². The van der Waals surface area contributed by atoms with E-state index in [9.17, 15) is 22.8 Å². The van der Waals surface area contributed by atoms with Crippen molar-refractivity contribution in [2.75, 3.05) is 19.8 Å². The van der Waals surface area contributed by atoms with Gasteiger partial charge in [0, 0.05) is 13.2 Å². The van der Waals surface area contributed by atoms with Crippen LogP contribution in [0.4, 0.5) is 18.0 Å². The molecule has 9 heteroatoms. The number of carbonyl (C=O) groups excluding carboxylic acids is 2. The number of hydrogen-bond donors (Lipinski definition) is 0. The fourth-order valence-corrected chi connectivity index (χ4v) is 3.39. The van der Waals surface area contributed by atoms with Crippen molar-refractivity contribution in [3.05, 3.63) is 33.6 Å². The molecule has 1 saturated heterocycles. The highest BCUT2D eigenvalue weighted by atomic mass is 79.9. The van der Waals surface area contributed by atoms with Crippen molar-refractivity contribution in [1.29, 1.82) is 0 Å². The van der Waals surface area contributed by atoms with E-state index < -0.39 is 51.5 Å². The van der Waals surface area contributed by atoms with Gasteiger partial charge < -0.3 is 9.47 Å². The fourth-order valence-electron chi connectivity index (χ4n) is 2.98. The molecule has 1 aliphatic heterocycles. The molecule has 0 aromatic heterocycles. The van der Waals surface area contributed by atoms with Gasteiger partial charge >= 0.3 is 6.09 Å². The number of benzene rings is 1. The smallest absolute Gasteiger partial charge is 0.410 e. The Balaban J connectivity index is 2.47. The van der Waals surface area contributed by atoms with E-state index in [2.05, 4.69) is 15.9 Å². The molecule has 1 aliphatic rings. The number of halogens is 4. The van der Waals surface area contributed by atoms with Crippen molar-refractivity contribution in [2.24, 2.45) is 0 Å². The van der Waals surface area contributed by atoms with Gasteiger partial charge in [0.2, 0.25) is 0 Å². The molecule has 0 N–H and O–H groups in total. The molecule has 1 aromatic carbocycles. The van der Waals surface area contributed by atoms with Crippen LogP contribution in [0, 0.1) is 17.5 Å². The predicted octanol–water partition coefficient (Wildman–Crippen LogP) is 4.08. The van der Waals surface area contributed by atoms with Crippen LogP contribution in [0.15, 0.2) is 10.5 Å². The molecular weight excluding hydrogens is 419 g/mol. The second-order valence-electron chi connectivity index (χ2n) is 5.69. The van der Waals surface area contributed by atoms with Gasteiger partial charge in [-0.3, -0.25) is 9.69 Å². The number of Topliss-reactive ketones (excluding diaryl/α,β-unsaturated/α-hetero) is 1. The maximum absolute atomic E-state index is 14.4. The van der Waals surface area contributed by atoms with Crippen LogP contribution in [0.2, 0.25) is 0 Å². The summed E-state index contributed by atoms with van der Waals surface area (Å²) in [6.45, 7) is 3.92. The van der Waals surface area contributed by atoms with Crippen molar-refractivity contribution in [3.63, 3.8) is 0 Å². The molecule has 0 aliphatic carbocycles. The third kappa shape index (κ3) is 4.03. The summed E-state index contributed by atoms with van der Waals surface area (Å²) < 4.78 is 51.3. The second kappa shape index (κ2) is 8.85. The highest BCUT2D eigenvalue weighted by Crippen LogP contribution is 2.30. The highest BCUT2D eigenvalue weighted by molar-refractivity contribution is 9.10. The summed E-state index contributed by atoms with van der Waals surface area (Å²) >= 11 is 2.61. The molecule has 1 amide bonds. The molecule has 5 nitrogen and oxygen atoms in total. The molecule has 0 bridgehead atoms. The molecule has 26 heavy (non-hydrogen) atoms. The lowest BCUT2D eigenvalue weighted by molar-refractivity contribution is -0.0270. The van der Waals surface area contributed by atoms with Gasteiger partial charge in [0.15, 0.2) is 23.2 Å². The molecule has 1 aromatic rings. The third-order valence-electron chi connectivity index (χ3n) is 4.10. The topological polar surface area (TPSA) is 55.8 Å². The van der Waals surface area contributed by atoms with Crippen LogP contribution in [0.5, 0.6) is 0 Å².